The first-order chi connectivity index (χ1) is 7.54. The molecule has 0 N–H and O–H groups in total. The summed E-state index contributed by atoms with van der Waals surface area (Å²) < 4.78 is 0. The molecule has 1 rings (SSSR count). The van der Waals surface area contributed by atoms with Crippen LogP contribution in [0.1, 0.15) is 55.9 Å². The summed E-state index contributed by atoms with van der Waals surface area (Å²) in [7, 11) is 4.50. The Kier molecular flexibility index (Phi) is 10.5. The first-order valence-electron chi connectivity index (χ1n) is 6.18. The number of hydrogen-bond donors (Lipinski definition) is 0. The molecule has 90 valence electrons. The molecule has 0 spiro atoms. The molecule has 1 heteroatoms. The van der Waals surface area contributed by atoms with E-state index in [1.165, 1.54) is 29.1 Å². The predicted octanol–water partition coefficient (Wildman–Crippen LogP) is 4.96. The molecule has 16 heavy (non-hydrogen) atoms. The quantitative estimate of drug-likeness (QED) is 0.584. The van der Waals surface area contributed by atoms with Gasteiger partial charge in [0.2, 0.25) is 0 Å². The van der Waals surface area contributed by atoms with Crippen molar-refractivity contribution in [2.45, 2.75) is 61.2 Å². The molecule has 1 aromatic rings. The van der Waals surface area contributed by atoms with Gasteiger partial charge >= 0.3 is 0 Å². The predicted molar refractivity (Wildman–Crippen MR) is 77.7 cm³/mol. The number of rotatable bonds is 1. The van der Waals surface area contributed by atoms with Crippen LogP contribution in [0.15, 0.2) is 12.1 Å². The van der Waals surface area contributed by atoms with E-state index in [2.05, 4.69) is 54.6 Å². The van der Waals surface area contributed by atoms with Crippen molar-refractivity contribution in [3.63, 3.8) is 0 Å². The lowest BCUT2D eigenvalue weighted by Crippen LogP contribution is -1.96. The Bertz CT molecular complexity index is 288. The molecule has 2 radical (unpaired) electrons. The molecule has 0 heterocycles. The number of benzene rings is 1. The monoisotopic (exact) mass is 218 g/mol. The summed E-state index contributed by atoms with van der Waals surface area (Å²) in [4.78, 5) is 0. The summed E-state index contributed by atoms with van der Waals surface area (Å²) in [6.07, 6.45) is 0. The molecular weight excluding hydrogens is 191 g/mol. The summed E-state index contributed by atoms with van der Waals surface area (Å²) in [6.45, 7) is 16.6. The van der Waals surface area contributed by atoms with Gasteiger partial charge < -0.3 is 0 Å². The van der Waals surface area contributed by atoms with Crippen molar-refractivity contribution in [2.75, 3.05) is 0 Å². The van der Waals surface area contributed by atoms with Gasteiger partial charge in [0.25, 0.3) is 0 Å². The van der Waals surface area contributed by atoms with E-state index in [0.29, 0.717) is 5.92 Å². The first kappa shape index (κ1) is 17.7. The second-order valence-corrected chi connectivity index (χ2v) is 3.88. The van der Waals surface area contributed by atoms with Crippen LogP contribution in [0.3, 0.4) is 0 Å². The minimum atomic E-state index is 0.643. The highest BCUT2D eigenvalue weighted by Crippen LogP contribution is 2.23. The third-order valence-electron chi connectivity index (χ3n) is 2.72. The Labute approximate surface area is 104 Å². The van der Waals surface area contributed by atoms with E-state index < -0.39 is 0 Å². The SMILES string of the molecule is CC.Cc1ccc(C(C)C)c(C)c1C.[B]C. The standard InChI is InChI=1S/C12H18.C2H6.CH3B/c1-8(2)12-7-6-9(3)10(4)11(12)5;2*1-2/h6-8H,1-5H3;1-2H3;1H3. The Balaban J connectivity index is 0. The van der Waals surface area contributed by atoms with Crippen molar-refractivity contribution in [2.24, 2.45) is 0 Å². The lowest BCUT2D eigenvalue weighted by Gasteiger charge is -2.13. The van der Waals surface area contributed by atoms with E-state index in [1.54, 1.807) is 0 Å². The molecule has 0 unspecified atom stereocenters. The fourth-order valence-corrected chi connectivity index (χ4v) is 1.60. The summed E-state index contributed by atoms with van der Waals surface area (Å²) in [6, 6.07) is 4.47. The van der Waals surface area contributed by atoms with Crippen LogP contribution in [0.4, 0.5) is 0 Å². The van der Waals surface area contributed by atoms with Gasteiger partial charge in [-0.1, -0.05) is 46.7 Å². The van der Waals surface area contributed by atoms with E-state index in [-0.39, 0.29) is 0 Å². The summed E-state index contributed by atoms with van der Waals surface area (Å²) in [5, 5.41) is 0. The largest absolute Gasteiger partial charge is 0.0999 e. The highest BCUT2D eigenvalue weighted by atomic mass is 14.1. The van der Waals surface area contributed by atoms with Gasteiger partial charge in [0.05, 0.1) is 7.85 Å². The van der Waals surface area contributed by atoms with Crippen molar-refractivity contribution < 1.29 is 0 Å². The average molecular weight is 218 g/mol. The van der Waals surface area contributed by atoms with Crippen LogP contribution < -0.4 is 0 Å². The van der Waals surface area contributed by atoms with Crippen molar-refractivity contribution in [3.05, 3.63) is 34.4 Å². The maximum atomic E-state index is 4.50. The van der Waals surface area contributed by atoms with Gasteiger partial charge in [-0.05, 0) is 48.9 Å². The highest BCUT2D eigenvalue weighted by Gasteiger charge is 2.05. The molecule has 0 nitrogen and oxygen atoms in total. The molecular formula is C15H27B. The van der Waals surface area contributed by atoms with E-state index in [0.717, 1.165) is 0 Å². The normalized spacial score (nSPS) is 8.81. The molecule has 0 saturated heterocycles. The van der Waals surface area contributed by atoms with Gasteiger partial charge in [0.15, 0.2) is 0 Å². The molecule has 0 aliphatic carbocycles. The van der Waals surface area contributed by atoms with Crippen LogP contribution in [0.2, 0.25) is 6.82 Å². The van der Waals surface area contributed by atoms with Gasteiger partial charge in [-0.25, -0.2) is 0 Å². The van der Waals surface area contributed by atoms with Crippen molar-refractivity contribution in [1.29, 1.82) is 0 Å². The maximum Gasteiger partial charge on any atom is 0.0606 e. The van der Waals surface area contributed by atoms with Crippen molar-refractivity contribution in [3.8, 4) is 0 Å². The summed E-state index contributed by atoms with van der Waals surface area (Å²) >= 11 is 0. The second-order valence-electron chi connectivity index (χ2n) is 3.88. The first-order valence-corrected chi connectivity index (χ1v) is 6.18. The minimum absolute atomic E-state index is 0.643. The molecule has 0 atom stereocenters. The van der Waals surface area contributed by atoms with Gasteiger partial charge in [0, 0.05) is 0 Å². The van der Waals surface area contributed by atoms with Crippen LogP contribution in [-0.4, -0.2) is 7.85 Å². The summed E-state index contributed by atoms with van der Waals surface area (Å²) in [5.74, 6) is 0.643. The number of hydrogen-bond acceptors (Lipinski definition) is 0. The molecule has 0 fully saturated rings. The molecule has 0 aromatic heterocycles. The Morgan fingerprint density at radius 3 is 1.69 bits per heavy atom. The highest BCUT2D eigenvalue weighted by molar-refractivity contribution is 6.05. The summed E-state index contributed by atoms with van der Waals surface area (Å²) in [5.41, 5.74) is 5.79. The molecule has 0 bridgehead atoms. The Hall–Kier alpha value is -0.715. The Morgan fingerprint density at radius 2 is 1.31 bits per heavy atom. The minimum Gasteiger partial charge on any atom is -0.0999 e. The van der Waals surface area contributed by atoms with Crippen molar-refractivity contribution in [1.82, 2.24) is 0 Å². The van der Waals surface area contributed by atoms with Crippen LogP contribution >= 0.6 is 0 Å². The van der Waals surface area contributed by atoms with E-state index in [9.17, 15) is 0 Å². The zero-order valence-electron chi connectivity index (χ0n) is 12.3. The maximum absolute atomic E-state index is 4.50. The second kappa shape index (κ2) is 9.51. The molecule has 0 amide bonds. The third-order valence-corrected chi connectivity index (χ3v) is 2.72. The fourth-order valence-electron chi connectivity index (χ4n) is 1.60. The average Bonchev–Trinajstić information content (AvgIpc) is 2.31. The Morgan fingerprint density at radius 1 is 0.875 bits per heavy atom. The lowest BCUT2D eigenvalue weighted by molar-refractivity contribution is 0.852. The van der Waals surface area contributed by atoms with E-state index >= 15 is 0 Å². The molecule has 0 aliphatic rings. The van der Waals surface area contributed by atoms with Crippen LogP contribution in [0, 0.1) is 20.8 Å². The zero-order chi connectivity index (χ0) is 13.3. The van der Waals surface area contributed by atoms with Gasteiger partial charge in [0.1, 0.15) is 0 Å². The van der Waals surface area contributed by atoms with Crippen molar-refractivity contribution >= 4 is 7.85 Å². The third kappa shape index (κ3) is 4.87. The molecule has 0 aliphatic heterocycles. The zero-order valence-corrected chi connectivity index (χ0v) is 12.3. The topological polar surface area (TPSA) is 0 Å². The van der Waals surface area contributed by atoms with Gasteiger partial charge in [-0.2, -0.15) is 0 Å². The van der Waals surface area contributed by atoms with Crippen LogP contribution in [-0.2, 0) is 0 Å². The smallest absolute Gasteiger partial charge is 0.0606 e. The van der Waals surface area contributed by atoms with Crippen LogP contribution in [0.5, 0.6) is 0 Å². The van der Waals surface area contributed by atoms with E-state index in [1.807, 2.05) is 13.8 Å². The number of aryl methyl sites for hydroxylation is 1. The fraction of sp³-hybridized carbons (Fsp3) is 0.600. The molecule has 1 aromatic carbocycles. The lowest BCUT2D eigenvalue weighted by atomic mass is 9.92. The van der Waals surface area contributed by atoms with Gasteiger partial charge in [-0.15, -0.1) is 0 Å². The van der Waals surface area contributed by atoms with Crippen LogP contribution in [0.25, 0.3) is 0 Å². The van der Waals surface area contributed by atoms with Gasteiger partial charge in [-0.3, -0.25) is 0 Å². The molecule has 0 saturated carbocycles. The van der Waals surface area contributed by atoms with E-state index in [4.69, 9.17) is 0 Å².